The van der Waals surface area contributed by atoms with Crippen LogP contribution in [0.3, 0.4) is 0 Å². The minimum absolute atomic E-state index is 0.117. The summed E-state index contributed by atoms with van der Waals surface area (Å²) >= 11 is 0. The third kappa shape index (κ3) is 1.66. The fourth-order valence-electron chi connectivity index (χ4n) is 3.05. The molecule has 0 heterocycles. The van der Waals surface area contributed by atoms with Crippen LogP contribution in [0.2, 0.25) is 0 Å². The average Bonchev–Trinajstić information content (AvgIpc) is 2.95. The summed E-state index contributed by atoms with van der Waals surface area (Å²) in [6.07, 6.45) is 3.21. The number of hydrogen-bond donors (Lipinski definition) is 1. The van der Waals surface area contributed by atoms with E-state index in [4.69, 9.17) is 4.74 Å². The normalized spacial score (nSPS) is 36.1. The summed E-state index contributed by atoms with van der Waals surface area (Å²) in [5.41, 5.74) is 1.35. The van der Waals surface area contributed by atoms with Crippen LogP contribution in [0, 0.1) is 11.3 Å². The van der Waals surface area contributed by atoms with Crippen molar-refractivity contribution in [3.05, 3.63) is 35.9 Å². The van der Waals surface area contributed by atoms with Gasteiger partial charge in [0.05, 0.1) is 19.3 Å². The van der Waals surface area contributed by atoms with Gasteiger partial charge in [0.2, 0.25) is 0 Å². The van der Waals surface area contributed by atoms with Crippen LogP contribution >= 0.6 is 0 Å². The Morgan fingerprint density at radius 1 is 1.25 bits per heavy atom. The van der Waals surface area contributed by atoms with E-state index in [1.807, 2.05) is 18.2 Å². The molecule has 1 aromatic carbocycles. The highest BCUT2D eigenvalue weighted by molar-refractivity contribution is 5.14. The highest BCUT2D eigenvalue weighted by atomic mass is 16.5. The molecule has 0 amide bonds. The minimum Gasteiger partial charge on any atom is -0.392 e. The highest BCUT2D eigenvalue weighted by Gasteiger charge is 2.62. The van der Waals surface area contributed by atoms with Crippen LogP contribution in [-0.2, 0) is 11.3 Å². The quantitative estimate of drug-likeness (QED) is 0.840. The number of ether oxygens (including phenoxy) is 1. The van der Waals surface area contributed by atoms with E-state index < -0.39 is 0 Å². The van der Waals surface area contributed by atoms with Crippen molar-refractivity contribution in [2.45, 2.75) is 32.0 Å². The first kappa shape index (κ1) is 10.3. The fourth-order valence-corrected chi connectivity index (χ4v) is 3.05. The molecule has 2 heteroatoms. The molecule has 0 saturated heterocycles. The molecule has 0 spiro atoms. The third-order valence-corrected chi connectivity index (χ3v) is 4.21. The summed E-state index contributed by atoms with van der Waals surface area (Å²) in [4.78, 5) is 0. The number of aliphatic hydroxyl groups excluding tert-OH is 1. The van der Waals surface area contributed by atoms with Gasteiger partial charge in [-0.15, -0.1) is 0 Å². The lowest BCUT2D eigenvalue weighted by Gasteiger charge is -2.18. The molecule has 2 saturated carbocycles. The number of aliphatic hydroxyl groups is 1. The maximum absolute atomic E-state index is 9.91. The Morgan fingerprint density at radius 3 is 2.69 bits per heavy atom. The minimum atomic E-state index is -0.117. The Balaban J connectivity index is 1.51. The van der Waals surface area contributed by atoms with Crippen LogP contribution in [0.4, 0.5) is 0 Å². The van der Waals surface area contributed by atoms with Crippen molar-refractivity contribution in [1.29, 1.82) is 0 Å². The van der Waals surface area contributed by atoms with Gasteiger partial charge >= 0.3 is 0 Å². The van der Waals surface area contributed by atoms with Gasteiger partial charge in [0, 0.05) is 5.41 Å². The predicted molar refractivity (Wildman–Crippen MR) is 61.9 cm³/mol. The molecule has 16 heavy (non-hydrogen) atoms. The van der Waals surface area contributed by atoms with Gasteiger partial charge in [0.1, 0.15) is 0 Å². The summed E-state index contributed by atoms with van der Waals surface area (Å²) in [7, 11) is 0. The van der Waals surface area contributed by atoms with E-state index in [9.17, 15) is 5.11 Å². The smallest absolute Gasteiger partial charge is 0.0717 e. The van der Waals surface area contributed by atoms with Crippen molar-refractivity contribution in [2.75, 3.05) is 6.61 Å². The van der Waals surface area contributed by atoms with Gasteiger partial charge < -0.3 is 9.84 Å². The molecule has 1 N–H and O–H groups in total. The second kappa shape index (κ2) is 3.86. The Morgan fingerprint density at radius 2 is 2.06 bits per heavy atom. The molecule has 2 fully saturated rings. The second-order valence-corrected chi connectivity index (χ2v) is 5.21. The maximum Gasteiger partial charge on any atom is 0.0717 e. The zero-order valence-electron chi connectivity index (χ0n) is 9.43. The van der Waals surface area contributed by atoms with Crippen LogP contribution in [0.1, 0.15) is 24.8 Å². The van der Waals surface area contributed by atoms with Gasteiger partial charge in [-0.2, -0.15) is 0 Å². The van der Waals surface area contributed by atoms with Crippen molar-refractivity contribution in [2.24, 2.45) is 11.3 Å². The van der Waals surface area contributed by atoms with Crippen LogP contribution in [0.15, 0.2) is 30.3 Å². The van der Waals surface area contributed by atoms with Crippen molar-refractivity contribution in [3.63, 3.8) is 0 Å². The van der Waals surface area contributed by atoms with Crippen LogP contribution in [-0.4, -0.2) is 17.8 Å². The van der Waals surface area contributed by atoms with E-state index in [-0.39, 0.29) is 11.5 Å². The molecule has 0 unspecified atom stereocenters. The molecule has 1 aromatic rings. The molecular weight excluding hydrogens is 200 g/mol. The SMILES string of the molecule is O[C@H]1CC[C@H]2C[C@]21COCc1ccccc1. The van der Waals surface area contributed by atoms with Gasteiger partial charge in [0.15, 0.2) is 0 Å². The molecule has 0 aromatic heterocycles. The Hall–Kier alpha value is -0.860. The molecule has 0 radical (unpaired) electrons. The topological polar surface area (TPSA) is 29.5 Å². The first-order chi connectivity index (χ1) is 7.81. The fraction of sp³-hybridized carbons (Fsp3) is 0.571. The first-order valence-corrected chi connectivity index (χ1v) is 6.11. The predicted octanol–water partition coefficient (Wildman–Crippen LogP) is 2.36. The summed E-state index contributed by atoms with van der Waals surface area (Å²) in [5, 5.41) is 9.91. The summed E-state index contributed by atoms with van der Waals surface area (Å²) in [5.74, 6) is 0.735. The van der Waals surface area contributed by atoms with Crippen LogP contribution < -0.4 is 0 Å². The van der Waals surface area contributed by atoms with Crippen molar-refractivity contribution in [1.82, 2.24) is 0 Å². The Bertz CT molecular complexity index is 362. The molecule has 3 atom stereocenters. The van der Waals surface area contributed by atoms with Gasteiger partial charge in [-0.1, -0.05) is 30.3 Å². The number of fused-ring (bicyclic) bond motifs is 1. The van der Waals surface area contributed by atoms with E-state index in [2.05, 4.69) is 12.1 Å². The van der Waals surface area contributed by atoms with Crippen LogP contribution in [0.5, 0.6) is 0 Å². The molecule has 2 aliphatic rings. The van der Waals surface area contributed by atoms with E-state index in [0.717, 1.165) is 18.9 Å². The Kier molecular flexibility index (Phi) is 2.49. The largest absolute Gasteiger partial charge is 0.392 e. The molecule has 2 aliphatic carbocycles. The summed E-state index contributed by atoms with van der Waals surface area (Å²) in [6, 6.07) is 10.2. The molecule has 0 bridgehead atoms. The zero-order valence-corrected chi connectivity index (χ0v) is 9.43. The molecule has 2 nitrogen and oxygen atoms in total. The van der Waals surface area contributed by atoms with E-state index in [1.165, 1.54) is 18.4 Å². The first-order valence-electron chi connectivity index (χ1n) is 6.11. The van der Waals surface area contributed by atoms with Crippen molar-refractivity contribution in [3.8, 4) is 0 Å². The van der Waals surface area contributed by atoms with Crippen molar-refractivity contribution >= 4 is 0 Å². The molecule has 86 valence electrons. The van der Waals surface area contributed by atoms with E-state index in [0.29, 0.717) is 6.61 Å². The lowest BCUT2D eigenvalue weighted by molar-refractivity contribution is 0.0136. The lowest BCUT2D eigenvalue weighted by atomic mass is 10.0. The highest BCUT2D eigenvalue weighted by Crippen LogP contribution is 2.63. The summed E-state index contributed by atoms with van der Waals surface area (Å²) in [6.45, 7) is 1.40. The standard InChI is InChI=1S/C14H18O2/c15-13-7-6-12-8-14(12,13)10-16-9-11-4-2-1-3-5-11/h1-5,12-13,15H,6-10H2/t12-,13-,14-/m0/s1. The maximum atomic E-state index is 9.91. The van der Waals surface area contributed by atoms with Crippen LogP contribution in [0.25, 0.3) is 0 Å². The molecule has 0 aliphatic heterocycles. The molecular formula is C14H18O2. The molecule has 3 rings (SSSR count). The number of benzene rings is 1. The monoisotopic (exact) mass is 218 g/mol. The van der Waals surface area contributed by atoms with Crippen molar-refractivity contribution < 1.29 is 9.84 Å². The lowest BCUT2D eigenvalue weighted by Crippen LogP contribution is -2.24. The van der Waals surface area contributed by atoms with Gasteiger partial charge in [-0.25, -0.2) is 0 Å². The van der Waals surface area contributed by atoms with Gasteiger partial charge in [0.25, 0.3) is 0 Å². The number of rotatable bonds is 4. The third-order valence-electron chi connectivity index (χ3n) is 4.21. The Labute approximate surface area is 96.2 Å². The summed E-state index contributed by atoms with van der Waals surface area (Å²) < 4.78 is 5.76. The zero-order chi connectivity index (χ0) is 11.0. The van der Waals surface area contributed by atoms with E-state index >= 15 is 0 Å². The second-order valence-electron chi connectivity index (χ2n) is 5.21. The average molecular weight is 218 g/mol. The van der Waals surface area contributed by atoms with Gasteiger partial charge in [-0.3, -0.25) is 0 Å². The number of hydrogen-bond acceptors (Lipinski definition) is 2. The van der Waals surface area contributed by atoms with Gasteiger partial charge in [-0.05, 0) is 30.7 Å². The van der Waals surface area contributed by atoms with E-state index in [1.54, 1.807) is 0 Å².